The molecule has 1 saturated heterocycles. The lowest BCUT2D eigenvalue weighted by Gasteiger charge is -2.20. The van der Waals surface area contributed by atoms with Crippen LogP contribution in [0.2, 0.25) is 0 Å². The fourth-order valence-corrected chi connectivity index (χ4v) is 3.52. The largest absolute Gasteiger partial charge is 0.381 e. The van der Waals surface area contributed by atoms with E-state index in [1.54, 1.807) is 11.3 Å². The summed E-state index contributed by atoms with van der Waals surface area (Å²) < 4.78 is 0. The molecule has 23 heavy (non-hydrogen) atoms. The number of hydrogen-bond acceptors (Lipinski definition) is 6. The quantitative estimate of drug-likeness (QED) is 0.912. The third-order valence-electron chi connectivity index (χ3n) is 4.27. The summed E-state index contributed by atoms with van der Waals surface area (Å²) in [7, 11) is 4.02. The molecule has 1 fully saturated rings. The van der Waals surface area contributed by atoms with E-state index in [4.69, 9.17) is 0 Å². The van der Waals surface area contributed by atoms with Crippen LogP contribution in [-0.4, -0.2) is 48.1 Å². The van der Waals surface area contributed by atoms with Gasteiger partial charge in [-0.25, -0.2) is 9.97 Å². The summed E-state index contributed by atoms with van der Waals surface area (Å²) in [6, 6.07) is 4.72. The van der Waals surface area contributed by atoms with Crippen LogP contribution in [0.25, 0.3) is 0 Å². The van der Waals surface area contributed by atoms with Crippen molar-refractivity contribution in [3.63, 3.8) is 0 Å². The zero-order valence-corrected chi connectivity index (χ0v) is 14.7. The fourth-order valence-electron chi connectivity index (χ4n) is 2.97. The van der Waals surface area contributed by atoms with Gasteiger partial charge in [0.05, 0.1) is 23.1 Å². The molecule has 0 spiro atoms. The van der Waals surface area contributed by atoms with E-state index in [9.17, 15) is 0 Å². The number of nitrogens with one attached hydrogen (secondary N) is 1. The van der Waals surface area contributed by atoms with Gasteiger partial charge in [-0.2, -0.15) is 0 Å². The number of pyridine rings is 1. The minimum absolute atomic E-state index is 0.530. The molecule has 124 valence electrons. The Morgan fingerprint density at radius 2 is 2.17 bits per heavy atom. The maximum atomic E-state index is 4.48. The van der Waals surface area contributed by atoms with Gasteiger partial charge >= 0.3 is 0 Å². The van der Waals surface area contributed by atoms with Gasteiger partial charge in [0, 0.05) is 38.6 Å². The molecule has 3 rings (SSSR count). The molecule has 0 aliphatic carbocycles. The number of anilines is 2. The molecule has 1 atom stereocenters. The Hall–Kier alpha value is -1.66. The zero-order chi connectivity index (χ0) is 16.1. The minimum Gasteiger partial charge on any atom is -0.381 e. The molecule has 2 aromatic rings. The number of aromatic nitrogens is 2. The smallest absolute Gasteiger partial charge is 0.128 e. The second kappa shape index (κ2) is 7.75. The summed E-state index contributed by atoms with van der Waals surface area (Å²) in [5.41, 5.74) is 4.24. The highest BCUT2D eigenvalue weighted by molar-refractivity contribution is 7.07. The molecule has 0 bridgehead atoms. The summed E-state index contributed by atoms with van der Waals surface area (Å²) in [6.45, 7) is 3.27. The monoisotopic (exact) mass is 331 g/mol. The molecular weight excluding hydrogens is 306 g/mol. The predicted octanol–water partition coefficient (Wildman–Crippen LogP) is 3.07. The topological polar surface area (TPSA) is 44.3 Å². The fraction of sp³-hybridized carbons (Fsp3) is 0.529. The summed E-state index contributed by atoms with van der Waals surface area (Å²) in [6.07, 6.45) is 5.54. The lowest BCUT2D eigenvalue weighted by atomic mass is 10.1. The van der Waals surface area contributed by atoms with Crippen LogP contribution in [0.15, 0.2) is 29.2 Å². The van der Waals surface area contributed by atoms with Crippen molar-refractivity contribution in [1.82, 2.24) is 14.9 Å². The van der Waals surface area contributed by atoms with Crippen molar-refractivity contribution in [2.75, 3.05) is 37.4 Å². The highest BCUT2D eigenvalue weighted by atomic mass is 32.1. The van der Waals surface area contributed by atoms with Gasteiger partial charge in [0.15, 0.2) is 0 Å². The highest BCUT2D eigenvalue weighted by Gasteiger charge is 2.17. The minimum atomic E-state index is 0.530. The van der Waals surface area contributed by atoms with Gasteiger partial charge < -0.3 is 10.2 Å². The first-order chi connectivity index (χ1) is 11.2. The highest BCUT2D eigenvalue weighted by Crippen LogP contribution is 2.19. The SMILES string of the molecule is CN(C)c1ccc(N[C@@H]2CCCN(Cc3cscn3)CC2)cn1. The number of rotatable bonds is 5. The van der Waals surface area contributed by atoms with E-state index in [0.29, 0.717) is 6.04 Å². The molecular formula is C17H25N5S. The van der Waals surface area contributed by atoms with Gasteiger partial charge in [0.1, 0.15) is 5.82 Å². The van der Waals surface area contributed by atoms with Crippen LogP contribution >= 0.6 is 11.3 Å². The number of thiazole rings is 1. The summed E-state index contributed by atoms with van der Waals surface area (Å²) in [4.78, 5) is 13.4. The molecule has 0 radical (unpaired) electrons. The van der Waals surface area contributed by atoms with Crippen molar-refractivity contribution in [2.45, 2.75) is 31.8 Å². The molecule has 0 aromatic carbocycles. The van der Waals surface area contributed by atoms with E-state index in [0.717, 1.165) is 31.1 Å². The summed E-state index contributed by atoms with van der Waals surface area (Å²) >= 11 is 1.68. The number of likely N-dealkylation sites (tertiary alicyclic amines) is 1. The van der Waals surface area contributed by atoms with Gasteiger partial charge in [-0.1, -0.05) is 0 Å². The van der Waals surface area contributed by atoms with E-state index in [1.165, 1.54) is 25.0 Å². The first kappa shape index (κ1) is 16.2. The lowest BCUT2D eigenvalue weighted by Crippen LogP contribution is -2.26. The van der Waals surface area contributed by atoms with Crippen LogP contribution < -0.4 is 10.2 Å². The Balaban J connectivity index is 1.51. The Kier molecular flexibility index (Phi) is 5.46. The molecule has 5 nitrogen and oxygen atoms in total. The third-order valence-corrected chi connectivity index (χ3v) is 4.90. The predicted molar refractivity (Wildman–Crippen MR) is 97.2 cm³/mol. The van der Waals surface area contributed by atoms with Crippen LogP contribution in [0, 0.1) is 0 Å². The Morgan fingerprint density at radius 1 is 1.26 bits per heavy atom. The Labute approximate surface area is 142 Å². The zero-order valence-electron chi connectivity index (χ0n) is 13.9. The molecule has 1 N–H and O–H groups in total. The first-order valence-corrected chi connectivity index (χ1v) is 9.14. The van der Waals surface area contributed by atoms with Crippen molar-refractivity contribution in [2.24, 2.45) is 0 Å². The van der Waals surface area contributed by atoms with E-state index in [-0.39, 0.29) is 0 Å². The molecule has 1 aliphatic heterocycles. The van der Waals surface area contributed by atoms with E-state index >= 15 is 0 Å². The second-order valence-corrected chi connectivity index (χ2v) is 7.05. The Morgan fingerprint density at radius 3 is 2.87 bits per heavy atom. The van der Waals surface area contributed by atoms with Gasteiger partial charge in [-0.05, 0) is 37.9 Å². The average molecular weight is 331 g/mol. The molecule has 0 unspecified atom stereocenters. The van der Waals surface area contributed by atoms with Gasteiger partial charge in [-0.15, -0.1) is 11.3 Å². The number of nitrogens with zero attached hydrogens (tertiary/aromatic N) is 4. The maximum absolute atomic E-state index is 4.48. The normalized spacial score (nSPS) is 19.3. The van der Waals surface area contributed by atoms with Crippen molar-refractivity contribution in [1.29, 1.82) is 0 Å². The molecule has 0 saturated carbocycles. The third kappa shape index (κ3) is 4.65. The van der Waals surface area contributed by atoms with Crippen LogP contribution in [0.4, 0.5) is 11.5 Å². The Bertz CT molecular complexity index is 582. The van der Waals surface area contributed by atoms with Gasteiger partial charge in [0.25, 0.3) is 0 Å². The van der Waals surface area contributed by atoms with Crippen molar-refractivity contribution < 1.29 is 0 Å². The molecule has 1 aliphatic rings. The molecule has 6 heteroatoms. The standard InChI is InChI=1S/C17H25N5S/c1-21(2)17-6-5-15(10-18-17)20-14-4-3-8-22(9-7-14)11-16-12-23-13-19-16/h5-6,10,12-14,20H,3-4,7-9,11H2,1-2H3/t14-/m1/s1. The summed E-state index contributed by atoms with van der Waals surface area (Å²) in [5, 5.41) is 5.80. The summed E-state index contributed by atoms with van der Waals surface area (Å²) in [5.74, 6) is 0.992. The van der Waals surface area contributed by atoms with Crippen molar-refractivity contribution in [3.05, 3.63) is 34.9 Å². The first-order valence-electron chi connectivity index (χ1n) is 8.20. The van der Waals surface area contributed by atoms with Crippen LogP contribution in [0.3, 0.4) is 0 Å². The van der Waals surface area contributed by atoms with Crippen LogP contribution in [0.5, 0.6) is 0 Å². The number of hydrogen-bond donors (Lipinski definition) is 1. The molecule has 2 aromatic heterocycles. The average Bonchev–Trinajstić information content (AvgIpc) is 2.96. The van der Waals surface area contributed by atoms with Crippen molar-refractivity contribution in [3.8, 4) is 0 Å². The molecule has 3 heterocycles. The van der Waals surface area contributed by atoms with E-state index in [1.807, 2.05) is 30.7 Å². The lowest BCUT2D eigenvalue weighted by molar-refractivity contribution is 0.273. The van der Waals surface area contributed by atoms with E-state index in [2.05, 4.69) is 37.7 Å². The van der Waals surface area contributed by atoms with Crippen molar-refractivity contribution >= 4 is 22.8 Å². The van der Waals surface area contributed by atoms with Crippen LogP contribution in [-0.2, 0) is 6.54 Å². The second-order valence-electron chi connectivity index (χ2n) is 6.33. The van der Waals surface area contributed by atoms with Gasteiger partial charge in [0.2, 0.25) is 0 Å². The maximum Gasteiger partial charge on any atom is 0.128 e. The molecule has 0 amide bonds. The van der Waals surface area contributed by atoms with E-state index < -0.39 is 0 Å². The van der Waals surface area contributed by atoms with Gasteiger partial charge in [-0.3, -0.25) is 4.90 Å². The van der Waals surface area contributed by atoms with Crippen LogP contribution in [0.1, 0.15) is 25.0 Å².